The van der Waals surface area contributed by atoms with Crippen LogP contribution in [0.25, 0.3) is 6.08 Å². The molecule has 0 radical (unpaired) electrons. The molecule has 3 N–H and O–H groups in total. The fraction of sp³-hybridized carbons (Fsp3) is 0.565. The first-order valence-electron chi connectivity index (χ1n) is 11.2. The number of rotatable bonds is 7. The van der Waals surface area contributed by atoms with Crippen molar-refractivity contribution in [3.05, 3.63) is 39.9 Å². The molecular weight excluding hydrogens is 469 g/mol. The van der Waals surface area contributed by atoms with Crippen molar-refractivity contribution in [3.8, 4) is 0 Å². The smallest absolute Gasteiger partial charge is 0.246 e. The second-order valence-corrected chi connectivity index (χ2v) is 9.45. The van der Waals surface area contributed by atoms with Crippen LogP contribution in [0, 0.1) is 5.92 Å². The van der Waals surface area contributed by atoms with Crippen LogP contribution in [0.3, 0.4) is 0 Å². The minimum absolute atomic E-state index is 0.0440. The summed E-state index contributed by atoms with van der Waals surface area (Å²) in [4.78, 5) is 30.3. The van der Waals surface area contributed by atoms with Crippen LogP contribution in [-0.2, 0) is 9.59 Å². The van der Waals surface area contributed by atoms with Crippen molar-refractivity contribution in [3.63, 3.8) is 0 Å². The third-order valence-corrected chi connectivity index (χ3v) is 6.94. The maximum absolute atomic E-state index is 12.6. The van der Waals surface area contributed by atoms with Gasteiger partial charge in [0.05, 0.1) is 22.3 Å². The molecule has 2 heterocycles. The van der Waals surface area contributed by atoms with Gasteiger partial charge in [0, 0.05) is 64.3 Å². The van der Waals surface area contributed by atoms with Gasteiger partial charge in [-0.3, -0.25) is 14.5 Å². The number of carbonyl (C=O) groups is 2. The molecule has 3 rings (SSSR count). The van der Waals surface area contributed by atoms with Gasteiger partial charge in [0.15, 0.2) is 0 Å². The molecule has 1 aromatic carbocycles. The zero-order valence-electron chi connectivity index (χ0n) is 18.4. The van der Waals surface area contributed by atoms with Gasteiger partial charge in [-0.25, -0.2) is 0 Å². The van der Waals surface area contributed by atoms with Gasteiger partial charge in [0.1, 0.15) is 0 Å². The number of hydrogen-bond acceptors (Lipinski definition) is 6. The van der Waals surface area contributed by atoms with Gasteiger partial charge in [-0.05, 0) is 36.7 Å². The lowest BCUT2D eigenvalue weighted by Crippen LogP contribution is -2.49. The maximum atomic E-state index is 12.6. The van der Waals surface area contributed by atoms with Gasteiger partial charge in [-0.2, -0.15) is 0 Å². The van der Waals surface area contributed by atoms with Crippen molar-refractivity contribution in [1.29, 1.82) is 0 Å². The van der Waals surface area contributed by atoms with Crippen molar-refractivity contribution in [2.45, 2.75) is 25.0 Å². The number of β-amino-alcohol motifs (C(OH)–C–C–N with tert-alkyl or cyclic N) is 2. The van der Waals surface area contributed by atoms with Gasteiger partial charge in [-0.15, -0.1) is 0 Å². The predicted molar refractivity (Wildman–Crippen MR) is 127 cm³/mol. The lowest BCUT2D eigenvalue weighted by Gasteiger charge is -2.36. The summed E-state index contributed by atoms with van der Waals surface area (Å²) < 4.78 is 0. The Labute approximate surface area is 204 Å². The molecule has 0 aromatic heterocycles. The Morgan fingerprint density at radius 3 is 2.64 bits per heavy atom. The molecule has 2 aliphatic heterocycles. The van der Waals surface area contributed by atoms with Crippen LogP contribution in [0.2, 0.25) is 10.0 Å². The molecule has 0 spiro atoms. The first kappa shape index (κ1) is 25.9. The quantitative estimate of drug-likeness (QED) is 0.485. The number of hydrogen-bond donors (Lipinski definition) is 3. The number of nitrogens with zero attached hydrogens (tertiary/aromatic N) is 3. The van der Waals surface area contributed by atoms with Crippen LogP contribution in [0.1, 0.15) is 18.4 Å². The molecule has 10 heteroatoms. The van der Waals surface area contributed by atoms with Crippen LogP contribution in [0.4, 0.5) is 0 Å². The van der Waals surface area contributed by atoms with E-state index < -0.39 is 12.2 Å². The van der Waals surface area contributed by atoms with E-state index in [1.54, 1.807) is 34.1 Å². The first-order valence-corrected chi connectivity index (χ1v) is 11.9. The lowest BCUT2D eigenvalue weighted by atomic mass is 9.94. The minimum atomic E-state index is -0.761. The molecule has 3 atom stereocenters. The highest BCUT2D eigenvalue weighted by atomic mass is 35.5. The Bertz CT molecular complexity index is 868. The van der Waals surface area contributed by atoms with Crippen molar-refractivity contribution in [2.24, 2.45) is 5.92 Å². The first-order chi connectivity index (χ1) is 15.8. The second-order valence-electron chi connectivity index (χ2n) is 8.63. The number of halogens is 2. The fourth-order valence-corrected chi connectivity index (χ4v) is 4.51. The monoisotopic (exact) mass is 499 g/mol. The van der Waals surface area contributed by atoms with Gasteiger partial charge in [0.2, 0.25) is 11.8 Å². The molecule has 0 unspecified atom stereocenters. The number of aliphatic hydroxyl groups is 3. The third kappa shape index (κ3) is 7.40. The number of aliphatic hydroxyl groups excluding tert-OH is 3. The third-order valence-electron chi connectivity index (χ3n) is 6.20. The Kier molecular flexibility index (Phi) is 9.55. The molecule has 182 valence electrons. The van der Waals surface area contributed by atoms with E-state index in [4.69, 9.17) is 23.2 Å². The molecule has 2 amide bonds. The Morgan fingerprint density at radius 1 is 1.15 bits per heavy atom. The molecule has 33 heavy (non-hydrogen) atoms. The molecule has 0 saturated carbocycles. The second kappa shape index (κ2) is 12.1. The topological polar surface area (TPSA) is 105 Å². The average molecular weight is 500 g/mol. The van der Waals surface area contributed by atoms with E-state index in [1.807, 2.05) is 4.90 Å². The summed E-state index contributed by atoms with van der Waals surface area (Å²) in [6.07, 6.45) is 2.60. The predicted octanol–water partition coefficient (Wildman–Crippen LogP) is 1.10. The number of amides is 2. The standard InChI is InChI=1S/C23H31Cl2N3O5/c24-19-3-1-16(11-20(19)25)2-4-22(32)27-8-6-23(33)28(10-9-27)13-18(30)12-26-7-5-17(15-29)21(31)14-26/h1-4,11,17-18,21,29-31H,5-10,12-15H2/b4-2+/t17-,18+,21+/m1/s1. The molecule has 0 aliphatic carbocycles. The molecule has 1 aromatic rings. The fourth-order valence-electron chi connectivity index (χ4n) is 4.20. The average Bonchev–Trinajstić information content (AvgIpc) is 2.96. The Balaban J connectivity index is 1.49. The summed E-state index contributed by atoms with van der Waals surface area (Å²) in [6.45, 7) is 2.59. The maximum Gasteiger partial charge on any atom is 0.246 e. The summed E-state index contributed by atoms with van der Waals surface area (Å²) in [6, 6.07) is 5.10. The van der Waals surface area contributed by atoms with Gasteiger partial charge < -0.3 is 25.1 Å². The van der Waals surface area contributed by atoms with Crippen LogP contribution < -0.4 is 0 Å². The summed E-state index contributed by atoms with van der Waals surface area (Å²) >= 11 is 11.9. The molecule has 2 fully saturated rings. The van der Waals surface area contributed by atoms with Crippen molar-refractivity contribution >= 4 is 41.1 Å². The van der Waals surface area contributed by atoms with E-state index in [2.05, 4.69) is 0 Å². The van der Waals surface area contributed by atoms with Gasteiger partial charge in [0.25, 0.3) is 0 Å². The number of piperidine rings is 1. The Hall–Kier alpha value is -1.68. The molecule has 2 aliphatic rings. The van der Waals surface area contributed by atoms with E-state index in [-0.39, 0.29) is 37.3 Å². The zero-order chi connectivity index (χ0) is 24.0. The van der Waals surface area contributed by atoms with E-state index >= 15 is 0 Å². The van der Waals surface area contributed by atoms with Crippen molar-refractivity contribution in [2.75, 3.05) is 52.4 Å². The largest absolute Gasteiger partial charge is 0.396 e. The molecule has 0 bridgehead atoms. The van der Waals surface area contributed by atoms with Gasteiger partial charge in [-0.1, -0.05) is 29.3 Å². The van der Waals surface area contributed by atoms with Crippen LogP contribution in [0.5, 0.6) is 0 Å². The van der Waals surface area contributed by atoms with E-state index in [0.717, 1.165) is 5.56 Å². The van der Waals surface area contributed by atoms with Gasteiger partial charge >= 0.3 is 0 Å². The molecule has 2 saturated heterocycles. The Morgan fingerprint density at radius 2 is 1.94 bits per heavy atom. The SMILES string of the molecule is O=C(/C=C/c1ccc(Cl)c(Cl)c1)N1CCC(=O)N(C[C@@H](O)CN2CC[C@H](CO)[C@@H](O)C2)CC1. The summed E-state index contributed by atoms with van der Waals surface area (Å²) in [5.74, 6) is -0.423. The highest BCUT2D eigenvalue weighted by Crippen LogP contribution is 2.23. The molecular formula is C23H31Cl2N3O5. The normalized spacial score (nSPS) is 23.7. The van der Waals surface area contributed by atoms with Crippen LogP contribution >= 0.6 is 23.2 Å². The van der Waals surface area contributed by atoms with Crippen LogP contribution in [0.15, 0.2) is 24.3 Å². The highest BCUT2D eigenvalue weighted by molar-refractivity contribution is 6.42. The summed E-state index contributed by atoms with van der Waals surface area (Å²) in [5, 5.41) is 30.7. The van der Waals surface area contributed by atoms with E-state index in [1.165, 1.54) is 6.08 Å². The minimum Gasteiger partial charge on any atom is -0.396 e. The summed E-state index contributed by atoms with van der Waals surface area (Å²) in [7, 11) is 0. The van der Waals surface area contributed by atoms with E-state index in [0.29, 0.717) is 55.7 Å². The molecule has 8 nitrogen and oxygen atoms in total. The van der Waals surface area contributed by atoms with Crippen molar-refractivity contribution < 1.29 is 24.9 Å². The summed E-state index contributed by atoms with van der Waals surface area (Å²) in [5.41, 5.74) is 0.751. The van der Waals surface area contributed by atoms with Crippen LogP contribution in [-0.4, -0.2) is 106 Å². The number of benzene rings is 1. The van der Waals surface area contributed by atoms with Crippen molar-refractivity contribution in [1.82, 2.24) is 14.7 Å². The lowest BCUT2D eigenvalue weighted by molar-refractivity contribution is -0.132. The zero-order valence-corrected chi connectivity index (χ0v) is 20.0. The number of likely N-dealkylation sites (tertiary alicyclic amines) is 1. The highest BCUT2D eigenvalue weighted by Gasteiger charge is 2.29. The number of carbonyl (C=O) groups excluding carboxylic acids is 2. The van der Waals surface area contributed by atoms with E-state index in [9.17, 15) is 24.9 Å².